The van der Waals surface area contributed by atoms with Gasteiger partial charge in [-0.1, -0.05) is 32.0 Å². The minimum atomic E-state index is 0.159. The van der Waals surface area contributed by atoms with Crippen LogP contribution in [0.3, 0.4) is 0 Å². The Labute approximate surface area is 109 Å². The van der Waals surface area contributed by atoms with Gasteiger partial charge in [0.05, 0.1) is 0 Å². The first-order valence-electron chi connectivity index (χ1n) is 6.76. The fourth-order valence-electron chi connectivity index (χ4n) is 2.56. The van der Waals surface area contributed by atoms with Crippen LogP contribution in [0.1, 0.15) is 36.2 Å². The van der Waals surface area contributed by atoms with Crippen LogP contribution >= 0.6 is 0 Å². The Balaban J connectivity index is 2.16. The summed E-state index contributed by atoms with van der Waals surface area (Å²) in [6.07, 6.45) is 1.80. The van der Waals surface area contributed by atoms with Gasteiger partial charge >= 0.3 is 0 Å². The lowest BCUT2D eigenvalue weighted by Crippen LogP contribution is -2.48. The summed E-state index contributed by atoms with van der Waals surface area (Å²) in [6.45, 7) is 5.76. The van der Waals surface area contributed by atoms with E-state index < -0.39 is 0 Å². The van der Waals surface area contributed by atoms with Crippen molar-refractivity contribution in [2.45, 2.75) is 32.7 Å². The van der Waals surface area contributed by atoms with E-state index in [2.05, 4.69) is 13.8 Å². The molecular formula is C15H22N2O. The lowest BCUT2D eigenvalue weighted by Gasteiger charge is -2.35. The second-order valence-electron chi connectivity index (χ2n) is 5.19. The maximum Gasteiger partial charge on any atom is 0.254 e. The monoisotopic (exact) mass is 246 g/mol. The molecule has 0 aromatic heterocycles. The minimum Gasteiger partial charge on any atom is -0.338 e. The third-order valence-electron chi connectivity index (χ3n) is 3.89. The zero-order valence-corrected chi connectivity index (χ0v) is 11.2. The molecule has 1 amide bonds. The fourth-order valence-corrected chi connectivity index (χ4v) is 2.56. The number of nitrogens with zero attached hydrogens (tertiary/aromatic N) is 1. The summed E-state index contributed by atoms with van der Waals surface area (Å²) in [6, 6.07) is 8.12. The Hall–Kier alpha value is -1.35. The normalized spacial score (nSPS) is 24.1. The zero-order chi connectivity index (χ0) is 13.1. The standard InChI is InChI=1S/C15H22N2O/c1-3-12-6-4-5-7-13(12)15(18)17-9-8-14(16)11(2)10-17/h4-7,11,14H,3,8-10,16H2,1-2H3. The van der Waals surface area contributed by atoms with Crippen molar-refractivity contribution in [1.29, 1.82) is 0 Å². The van der Waals surface area contributed by atoms with Crippen LogP contribution in [0.5, 0.6) is 0 Å². The van der Waals surface area contributed by atoms with Crippen LogP contribution in [0.25, 0.3) is 0 Å². The van der Waals surface area contributed by atoms with Gasteiger partial charge in [-0.15, -0.1) is 0 Å². The number of nitrogens with two attached hydrogens (primary N) is 1. The Morgan fingerprint density at radius 2 is 2.17 bits per heavy atom. The second kappa shape index (κ2) is 5.53. The molecule has 2 rings (SSSR count). The highest BCUT2D eigenvalue weighted by molar-refractivity contribution is 5.95. The highest BCUT2D eigenvalue weighted by Crippen LogP contribution is 2.19. The van der Waals surface area contributed by atoms with Gasteiger partial charge in [0.25, 0.3) is 5.91 Å². The largest absolute Gasteiger partial charge is 0.338 e. The van der Waals surface area contributed by atoms with Gasteiger partial charge in [0.1, 0.15) is 0 Å². The number of rotatable bonds is 2. The highest BCUT2D eigenvalue weighted by Gasteiger charge is 2.27. The first kappa shape index (κ1) is 13.1. The van der Waals surface area contributed by atoms with E-state index in [1.54, 1.807) is 0 Å². The number of carbonyl (C=O) groups is 1. The van der Waals surface area contributed by atoms with Gasteiger partial charge in [-0.2, -0.15) is 0 Å². The molecule has 2 atom stereocenters. The van der Waals surface area contributed by atoms with Gasteiger partial charge in [-0.05, 0) is 30.4 Å². The van der Waals surface area contributed by atoms with Crippen LogP contribution in [-0.4, -0.2) is 29.9 Å². The molecule has 1 aromatic carbocycles. The van der Waals surface area contributed by atoms with Crippen LogP contribution in [0, 0.1) is 5.92 Å². The Morgan fingerprint density at radius 3 is 2.83 bits per heavy atom. The molecule has 1 aliphatic rings. The maximum atomic E-state index is 12.5. The molecule has 1 aromatic rings. The summed E-state index contributed by atoms with van der Waals surface area (Å²) in [7, 11) is 0. The van der Waals surface area contributed by atoms with Crippen LogP contribution < -0.4 is 5.73 Å². The third kappa shape index (κ3) is 2.56. The lowest BCUT2D eigenvalue weighted by molar-refractivity contribution is 0.0663. The Kier molecular flexibility index (Phi) is 4.02. The number of hydrogen-bond acceptors (Lipinski definition) is 2. The summed E-state index contributed by atoms with van der Waals surface area (Å²) in [5.74, 6) is 0.544. The number of piperidine rings is 1. The first-order chi connectivity index (χ1) is 8.63. The minimum absolute atomic E-state index is 0.159. The molecule has 0 spiro atoms. The van der Waals surface area contributed by atoms with Gasteiger partial charge in [0.2, 0.25) is 0 Å². The van der Waals surface area contributed by atoms with E-state index in [0.29, 0.717) is 5.92 Å². The number of hydrogen-bond donors (Lipinski definition) is 1. The van der Waals surface area contributed by atoms with E-state index in [0.717, 1.165) is 37.1 Å². The molecule has 1 heterocycles. The van der Waals surface area contributed by atoms with Crippen molar-refractivity contribution in [1.82, 2.24) is 4.90 Å². The number of amides is 1. The predicted octanol–water partition coefficient (Wildman–Crippen LogP) is 2.06. The quantitative estimate of drug-likeness (QED) is 0.868. The Morgan fingerprint density at radius 1 is 1.44 bits per heavy atom. The molecule has 3 heteroatoms. The first-order valence-corrected chi connectivity index (χ1v) is 6.76. The fraction of sp³-hybridized carbons (Fsp3) is 0.533. The van der Waals surface area contributed by atoms with Crippen LogP contribution in [-0.2, 0) is 6.42 Å². The molecule has 2 unspecified atom stereocenters. The van der Waals surface area contributed by atoms with Gasteiger partial charge in [0.15, 0.2) is 0 Å². The van der Waals surface area contributed by atoms with Gasteiger partial charge in [-0.3, -0.25) is 4.79 Å². The molecular weight excluding hydrogens is 224 g/mol. The molecule has 1 fully saturated rings. The zero-order valence-electron chi connectivity index (χ0n) is 11.2. The van der Waals surface area contributed by atoms with E-state index in [4.69, 9.17) is 5.73 Å². The second-order valence-corrected chi connectivity index (χ2v) is 5.19. The summed E-state index contributed by atoms with van der Waals surface area (Å²) >= 11 is 0. The average Bonchev–Trinajstić information content (AvgIpc) is 2.41. The van der Waals surface area contributed by atoms with E-state index in [9.17, 15) is 4.79 Å². The summed E-state index contributed by atoms with van der Waals surface area (Å²) in [5, 5.41) is 0. The van der Waals surface area contributed by atoms with Crippen LogP contribution in [0.2, 0.25) is 0 Å². The van der Waals surface area contributed by atoms with Crippen molar-refractivity contribution in [2.75, 3.05) is 13.1 Å². The van der Waals surface area contributed by atoms with E-state index in [-0.39, 0.29) is 11.9 Å². The van der Waals surface area contributed by atoms with Crippen molar-refractivity contribution in [3.63, 3.8) is 0 Å². The molecule has 0 saturated carbocycles. The topological polar surface area (TPSA) is 46.3 Å². The molecule has 0 bridgehead atoms. The molecule has 3 nitrogen and oxygen atoms in total. The Bertz CT molecular complexity index is 430. The number of aryl methyl sites for hydroxylation is 1. The van der Waals surface area contributed by atoms with Gasteiger partial charge in [-0.25, -0.2) is 0 Å². The van der Waals surface area contributed by atoms with Crippen molar-refractivity contribution in [3.05, 3.63) is 35.4 Å². The summed E-state index contributed by atoms with van der Waals surface area (Å²) in [4.78, 5) is 14.5. The lowest BCUT2D eigenvalue weighted by atomic mass is 9.93. The smallest absolute Gasteiger partial charge is 0.254 e. The van der Waals surface area contributed by atoms with Gasteiger partial charge < -0.3 is 10.6 Å². The maximum absolute atomic E-state index is 12.5. The van der Waals surface area contributed by atoms with Crippen molar-refractivity contribution in [3.8, 4) is 0 Å². The average molecular weight is 246 g/mol. The van der Waals surface area contributed by atoms with Crippen molar-refractivity contribution in [2.24, 2.45) is 11.7 Å². The van der Waals surface area contributed by atoms with Crippen LogP contribution in [0.15, 0.2) is 24.3 Å². The van der Waals surface area contributed by atoms with E-state index in [1.165, 1.54) is 0 Å². The molecule has 98 valence electrons. The third-order valence-corrected chi connectivity index (χ3v) is 3.89. The summed E-state index contributed by atoms with van der Waals surface area (Å²) < 4.78 is 0. The van der Waals surface area contributed by atoms with Crippen LogP contribution in [0.4, 0.5) is 0 Å². The SMILES string of the molecule is CCc1ccccc1C(=O)N1CCC(N)C(C)C1. The number of benzene rings is 1. The molecule has 0 aliphatic carbocycles. The molecule has 1 saturated heterocycles. The molecule has 2 N–H and O–H groups in total. The van der Waals surface area contributed by atoms with Gasteiger partial charge in [0, 0.05) is 24.7 Å². The van der Waals surface area contributed by atoms with Crippen molar-refractivity contribution >= 4 is 5.91 Å². The van der Waals surface area contributed by atoms with E-state index in [1.807, 2.05) is 29.2 Å². The predicted molar refractivity (Wildman–Crippen MR) is 73.5 cm³/mol. The van der Waals surface area contributed by atoms with E-state index >= 15 is 0 Å². The number of likely N-dealkylation sites (tertiary alicyclic amines) is 1. The number of carbonyl (C=O) groups excluding carboxylic acids is 1. The van der Waals surface area contributed by atoms with Crippen molar-refractivity contribution < 1.29 is 4.79 Å². The summed E-state index contributed by atoms with van der Waals surface area (Å²) in [5.41, 5.74) is 7.98. The molecule has 0 radical (unpaired) electrons. The highest BCUT2D eigenvalue weighted by atomic mass is 16.2. The molecule has 18 heavy (non-hydrogen) atoms. The molecule has 1 aliphatic heterocycles.